The molecule has 23 heavy (non-hydrogen) atoms. The second kappa shape index (κ2) is 6.31. The molecule has 0 saturated carbocycles. The number of carbonyl (C=O) groups is 2. The van der Waals surface area contributed by atoms with Crippen molar-refractivity contribution in [2.75, 3.05) is 7.05 Å². The molecule has 0 unspecified atom stereocenters. The maximum Gasteiger partial charge on any atom is 0.298 e. The molecule has 0 radical (unpaired) electrons. The van der Waals surface area contributed by atoms with Gasteiger partial charge in [0.05, 0.1) is 18.2 Å². The summed E-state index contributed by atoms with van der Waals surface area (Å²) in [4.78, 5) is 25.6. The predicted molar refractivity (Wildman–Crippen MR) is 83.5 cm³/mol. The van der Waals surface area contributed by atoms with Gasteiger partial charge in [0.25, 0.3) is 11.7 Å². The molecule has 0 fully saturated rings. The predicted octanol–water partition coefficient (Wildman–Crippen LogP) is 2.51. The monoisotopic (exact) mass is 309 g/mol. The molecule has 0 atom stereocenters. The van der Waals surface area contributed by atoms with E-state index >= 15 is 0 Å². The van der Waals surface area contributed by atoms with E-state index < -0.39 is 11.7 Å². The SMILES string of the molecule is CN(Cc1cn[nH]c1-c1ccccc1)C(=O)C(=O)c1ccco1. The number of hydrogen-bond donors (Lipinski definition) is 1. The number of benzene rings is 1. The number of ketones is 1. The van der Waals surface area contributed by atoms with Crippen LogP contribution in [0.5, 0.6) is 0 Å². The van der Waals surface area contributed by atoms with Crippen molar-refractivity contribution in [3.8, 4) is 11.3 Å². The fourth-order valence-corrected chi connectivity index (χ4v) is 2.30. The van der Waals surface area contributed by atoms with Crippen LogP contribution in [0.3, 0.4) is 0 Å². The first-order valence-electron chi connectivity index (χ1n) is 7.08. The van der Waals surface area contributed by atoms with E-state index in [1.54, 1.807) is 19.3 Å². The van der Waals surface area contributed by atoms with E-state index in [-0.39, 0.29) is 12.3 Å². The summed E-state index contributed by atoms with van der Waals surface area (Å²) in [7, 11) is 1.57. The number of likely N-dealkylation sites (N-methyl/N-ethyl adjacent to an activating group) is 1. The minimum Gasteiger partial charge on any atom is -0.461 e. The summed E-state index contributed by atoms with van der Waals surface area (Å²) >= 11 is 0. The lowest BCUT2D eigenvalue weighted by Gasteiger charge is -2.15. The first kappa shape index (κ1) is 14.8. The van der Waals surface area contributed by atoms with Gasteiger partial charge in [-0.1, -0.05) is 30.3 Å². The second-order valence-electron chi connectivity index (χ2n) is 5.10. The third-order valence-corrected chi connectivity index (χ3v) is 3.47. The number of amides is 1. The van der Waals surface area contributed by atoms with Crippen molar-refractivity contribution >= 4 is 11.7 Å². The Bertz CT molecular complexity index is 807. The van der Waals surface area contributed by atoms with E-state index in [1.165, 1.54) is 17.2 Å². The Morgan fingerprint density at radius 3 is 2.65 bits per heavy atom. The van der Waals surface area contributed by atoms with Crippen molar-refractivity contribution < 1.29 is 14.0 Å². The van der Waals surface area contributed by atoms with Gasteiger partial charge in [-0.25, -0.2) is 0 Å². The smallest absolute Gasteiger partial charge is 0.298 e. The van der Waals surface area contributed by atoms with Crippen LogP contribution in [0.1, 0.15) is 16.1 Å². The van der Waals surface area contributed by atoms with Gasteiger partial charge < -0.3 is 9.32 Å². The van der Waals surface area contributed by atoms with Crippen LogP contribution in [-0.2, 0) is 11.3 Å². The van der Waals surface area contributed by atoms with E-state index in [0.717, 1.165) is 16.8 Å². The van der Waals surface area contributed by atoms with Gasteiger partial charge >= 0.3 is 0 Å². The first-order valence-corrected chi connectivity index (χ1v) is 7.08. The van der Waals surface area contributed by atoms with Crippen LogP contribution in [0.15, 0.2) is 59.3 Å². The van der Waals surface area contributed by atoms with Gasteiger partial charge in [0.1, 0.15) is 0 Å². The molecule has 1 amide bonds. The molecule has 1 aromatic carbocycles. The first-order chi connectivity index (χ1) is 11.2. The number of furan rings is 1. The normalized spacial score (nSPS) is 10.5. The molecule has 116 valence electrons. The number of aromatic nitrogens is 2. The van der Waals surface area contributed by atoms with Crippen LogP contribution in [0, 0.1) is 0 Å². The molecule has 0 saturated heterocycles. The van der Waals surface area contributed by atoms with E-state index in [9.17, 15) is 9.59 Å². The summed E-state index contributed by atoms with van der Waals surface area (Å²) in [5.41, 5.74) is 2.63. The third kappa shape index (κ3) is 3.06. The van der Waals surface area contributed by atoms with Crippen molar-refractivity contribution in [1.29, 1.82) is 0 Å². The zero-order valence-corrected chi connectivity index (χ0v) is 12.5. The molecule has 0 aliphatic carbocycles. The van der Waals surface area contributed by atoms with E-state index in [1.807, 2.05) is 30.3 Å². The highest BCUT2D eigenvalue weighted by atomic mass is 16.3. The Morgan fingerprint density at radius 1 is 1.17 bits per heavy atom. The maximum absolute atomic E-state index is 12.2. The Kier molecular flexibility index (Phi) is 4.05. The van der Waals surface area contributed by atoms with Crippen molar-refractivity contribution in [3.63, 3.8) is 0 Å². The number of carbonyl (C=O) groups excluding carboxylic acids is 2. The van der Waals surface area contributed by atoms with Crippen molar-refractivity contribution in [2.24, 2.45) is 0 Å². The summed E-state index contributed by atoms with van der Waals surface area (Å²) in [5, 5.41) is 6.97. The summed E-state index contributed by atoms with van der Waals surface area (Å²) in [5.74, 6) is -1.25. The largest absolute Gasteiger partial charge is 0.461 e. The molecule has 1 N–H and O–H groups in total. The van der Waals surface area contributed by atoms with Crippen LogP contribution in [0.2, 0.25) is 0 Å². The molecule has 2 aromatic heterocycles. The number of aromatic amines is 1. The highest BCUT2D eigenvalue weighted by Crippen LogP contribution is 2.21. The summed E-state index contributed by atoms with van der Waals surface area (Å²) in [6.07, 6.45) is 3.02. The van der Waals surface area contributed by atoms with Gasteiger partial charge in [-0.2, -0.15) is 5.10 Å². The number of nitrogens with one attached hydrogen (secondary N) is 1. The summed E-state index contributed by atoms with van der Waals surface area (Å²) < 4.78 is 4.98. The fourth-order valence-electron chi connectivity index (χ4n) is 2.30. The molecule has 3 aromatic rings. The Hall–Kier alpha value is -3.15. The van der Waals surface area contributed by atoms with Gasteiger partial charge in [0, 0.05) is 19.2 Å². The van der Waals surface area contributed by atoms with E-state index in [2.05, 4.69) is 10.2 Å². The average molecular weight is 309 g/mol. The molecular formula is C17H15N3O3. The number of hydrogen-bond acceptors (Lipinski definition) is 4. The quantitative estimate of drug-likeness (QED) is 0.580. The Balaban J connectivity index is 1.76. The van der Waals surface area contributed by atoms with Crippen molar-refractivity contribution in [3.05, 3.63) is 66.2 Å². The highest BCUT2D eigenvalue weighted by molar-refractivity contribution is 6.41. The van der Waals surface area contributed by atoms with Gasteiger partial charge in [-0.3, -0.25) is 14.7 Å². The minimum atomic E-state index is -0.665. The molecule has 0 aliphatic rings. The lowest BCUT2D eigenvalue weighted by atomic mass is 10.1. The third-order valence-electron chi connectivity index (χ3n) is 3.47. The number of Topliss-reactive ketones (excluding diaryl/α,β-unsaturated/α-hetero) is 1. The number of nitrogens with zero attached hydrogens (tertiary/aromatic N) is 2. The molecule has 3 rings (SSSR count). The van der Waals surface area contributed by atoms with Gasteiger partial charge in [-0.05, 0) is 17.7 Å². The fraction of sp³-hybridized carbons (Fsp3) is 0.118. The lowest BCUT2D eigenvalue weighted by Crippen LogP contribution is -2.32. The minimum absolute atomic E-state index is 0.0392. The molecule has 6 heteroatoms. The molecule has 0 aliphatic heterocycles. The van der Waals surface area contributed by atoms with Gasteiger partial charge in [0.15, 0.2) is 5.76 Å². The van der Waals surface area contributed by atoms with Crippen LogP contribution >= 0.6 is 0 Å². The molecule has 6 nitrogen and oxygen atoms in total. The lowest BCUT2D eigenvalue weighted by molar-refractivity contribution is -0.125. The topological polar surface area (TPSA) is 79.2 Å². The number of H-pyrrole nitrogens is 1. The van der Waals surface area contributed by atoms with Crippen LogP contribution in [0.25, 0.3) is 11.3 Å². The Morgan fingerprint density at radius 2 is 1.96 bits per heavy atom. The molecule has 0 bridgehead atoms. The molecular weight excluding hydrogens is 294 g/mol. The Labute approximate surface area is 132 Å². The molecule has 0 spiro atoms. The van der Waals surface area contributed by atoms with Crippen LogP contribution in [-0.4, -0.2) is 33.8 Å². The summed E-state index contributed by atoms with van der Waals surface area (Å²) in [6, 6.07) is 12.7. The van der Waals surface area contributed by atoms with E-state index in [0.29, 0.717) is 0 Å². The number of rotatable bonds is 5. The van der Waals surface area contributed by atoms with Gasteiger partial charge in [-0.15, -0.1) is 0 Å². The maximum atomic E-state index is 12.2. The van der Waals surface area contributed by atoms with Crippen LogP contribution in [0.4, 0.5) is 0 Å². The van der Waals surface area contributed by atoms with Gasteiger partial charge in [0.2, 0.25) is 0 Å². The zero-order valence-electron chi connectivity index (χ0n) is 12.5. The standard InChI is InChI=1S/C17H15N3O3/c1-20(17(22)16(21)14-8-5-9-23-14)11-13-10-18-19-15(13)12-6-3-2-4-7-12/h2-10H,11H2,1H3,(H,18,19). The summed E-state index contributed by atoms with van der Waals surface area (Å²) in [6.45, 7) is 0.270. The van der Waals surface area contributed by atoms with Crippen molar-refractivity contribution in [1.82, 2.24) is 15.1 Å². The average Bonchev–Trinajstić information content (AvgIpc) is 3.26. The zero-order chi connectivity index (χ0) is 16.2. The highest BCUT2D eigenvalue weighted by Gasteiger charge is 2.23. The van der Waals surface area contributed by atoms with Crippen LogP contribution < -0.4 is 0 Å². The van der Waals surface area contributed by atoms with E-state index in [4.69, 9.17) is 4.42 Å². The molecule has 2 heterocycles. The second-order valence-corrected chi connectivity index (χ2v) is 5.10. The van der Waals surface area contributed by atoms with Crippen molar-refractivity contribution in [2.45, 2.75) is 6.54 Å².